The Labute approximate surface area is 120 Å². The van der Waals surface area contributed by atoms with Crippen LogP contribution >= 0.6 is 0 Å². The molecule has 0 spiro atoms. The fourth-order valence-corrected chi connectivity index (χ4v) is 1.84. The monoisotopic (exact) mass is 290 g/mol. The Morgan fingerprint density at radius 3 is 2.81 bits per heavy atom. The van der Waals surface area contributed by atoms with Crippen molar-refractivity contribution in [3.8, 4) is 0 Å². The smallest absolute Gasteiger partial charge is 0.278 e. The molecule has 7 nitrogen and oxygen atoms in total. The molecule has 0 atom stereocenters. The summed E-state index contributed by atoms with van der Waals surface area (Å²) in [6, 6.07) is 3.76. The van der Waals surface area contributed by atoms with E-state index in [-0.39, 0.29) is 5.69 Å². The van der Waals surface area contributed by atoms with E-state index in [0.717, 1.165) is 11.3 Å². The molecule has 110 valence electrons. The molecule has 0 saturated heterocycles. The van der Waals surface area contributed by atoms with E-state index in [1.165, 1.54) is 6.07 Å². The van der Waals surface area contributed by atoms with Crippen molar-refractivity contribution >= 4 is 23.9 Å². The standard InChI is InChI=1S/C13H15FN6O/c1-8-2-5-11(14)12(20(16)13(21)18-15)10(8)4-3-9-6-7-17-19-9/h2-7H,15-16H2,1H3,(H,17,19)(H,18,21)/b4-3+. The predicted octanol–water partition coefficient (Wildman–Crippen LogP) is 1.29. The summed E-state index contributed by atoms with van der Waals surface area (Å²) in [4.78, 5) is 11.5. The Balaban J connectivity index is 2.48. The number of aromatic amines is 1. The summed E-state index contributed by atoms with van der Waals surface area (Å²) in [6.07, 6.45) is 4.94. The van der Waals surface area contributed by atoms with Gasteiger partial charge in [-0.3, -0.25) is 10.5 Å². The van der Waals surface area contributed by atoms with Crippen LogP contribution in [0.3, 0.4) is 0 Å². The number of rotatable bonds is 3. The molecule has 1 aromatic carbocycles. The second kappa shape index (κ2) is 6.16. The molecule has 0 aliphatic carbocycles. The number of hydrogen-bond acceptors (Lipinski definition) is 4. The summed E-state index contributed by atoms with van der Waals surface area (Å²) < 4.78 is 14.0. The van der Waals surface area contributed by atoms with Crippen molar-refractivity contribution in [1.82, 2.24) is 15.6 Å². The first-order chi connectivity index (χ1) is 10.0. The van der Waals surface area contributed by atoms with Gasteiger partial charge in [0.05, 0.1) is 5.69 Å². The van der Waals surface area contributed by atoms with E-state index >= 15 is 0 Å². The Hall–Kier alpha value is -2.71. The van der Waals surface area contributed by atoms with Gasteiger partial charge in [-0.2, -0.15) is 5.10 Å². The number of amides is 2. The van der Waals surface area contributed by atoms with Gasteiger partial charge in [0.15, 0.2) is 0 Å². The zero-order valence-electron chi connectivity index (χ0n) is 11.3. The molecule has 6 N–H and O–H groups in total. The molecule has 0 fully saturated rings. The number of benzene rings is 1. The second-order valence-corrected chi connectivity index (χ2v) is 4.29. The number of aromatic nitrogens is 2. The molecule has 0 unspecified atom stereocenters. The van der Waals surface area contributed by atoms with E-state index in [2.05, 4.69) is 10.2 Å². The van der Waals surface area contributed by atoms with Crippen LogP contribution in [-0.4, -0.2) is 16.2 Å². The molecule has 21 heavy (non-hydrogen) atoms. The van der Waals surface area contributed by atoms with Gasteiger partial charge >= 0.3 is 6.03 Å². The number of nitrogens with zero attached hydrogens (tertiary/aromatic N) is 2. The highest BCUT2D eigenvalue weighted by molar-refractivity contribution is 5.94. The highest BCUT2D eigenvalue weighted by Gasteiger charge is 2.19. The summed E-state index contributed by atoms with van der Waals surface area (Å²) in [5, 5.41) is 7.19. The van der Waals surface area contributed by atoms with Gasteiger partial charge in [-0.15, -0.1) is 0 Å². The molecule has 0 aliphatic heterocycles. The van der Waals surface area contributed by atoms with E-state index in [4.69, 9.17) is 11.7 Å². The molecule has 0 aliphatic rings. The lowest BCUT2D eigenvalue weighted by molar-refractivity contribution is 0.246. The average molecular weight is 290 g/mol. The van der Waals surface area contributed by atoms with Gasteiger partial charge in [0.2, 0.25) is 0 Å². The number of H-pyrrole nitrogens is 1. The second-order valence-electron chi connectivity index (χ2n) is 4.29. The van der Waals surface area contributed by atoms with Crippen LogP contribution in [0.4, 0.5) is 14.9 Å². The molecule has 1 aromatic heterocycles. The highest BCUT2D eigenvalue weighted by atomic mass is 19.1. The van der Waals surface area contributed by atoms with Crippen molar-refractivity contribution in [3.05, 3.63) is 47.0 Å². The van der Waals surface area contributed by atoms with Gasteiger partial charge in [-0.25, -0.2) is 25.9 Å². The van der Waals surface area contributed by atoms with Crippen LogP contribution in [0, 0.1) is 12.7 Å². The molecule has 0 radical (unpaired) electrons. The van der Waals surface area contributed by atoms with E-state index in [9.17, 15) is 9.18 Å². The summed E-state index contributed by atoms with van der Waals surface area (Å²) in [5.74, 6) is 10.0. The number of hydrazine groups is 2. The van der Waals surface area contributed by atoms with Crippen LogP contribution in [0.2, 0.25) is 0 Å². The molecule has 0 bridgehead atoms. The third-order valence-electron chi connectivity index (χ3n) is 2.92. The summed E-state index contributed by atoms with van der Waals surface area (Å²) >= 11 is 0. The van der Waals surface area contributed by atoms with Crippen LogP contribution < -0.4 is 22.1 Å². The number of halogens is 1. The number of carbonyl (C=O) groups excluding carboxylic acids is 1. The van der Waals surface area contributed by atoms with E-state index in [1.54, 1.807) is 37.4 Å². The Bertz CT molecular complexity index is 668. The van der Waals surface area contributed by atoms with Crippen LogP contribution in [0.1, 0.15) is 16.8 Å². The lowest BCUT2D eigenvalue weighted by Crippen LogP contribution is -2.48. The number of carbonyl (C=O) groups is 1. The third-order valence-corrected chi connectivity index (χ3v) is 2.92. The van der Waals surface area contributed by atoms with Crippen molar-refractivity contribution in [2.75, 3.05) is 5.01 Å². The SMILES string of the molecule is Cc1ccc(F)c(N(N)C(=O)NN)c1/C=C/c1ccn[nH]1. The maximum Gasteiger partial charge on any atom is 0.350 e. The molecule has 0 saturated carbocycles. The first-order valence-electron chi connectivity index (χ1n) is 6.06. The number of anilines is 1. The quantitative estimate of drug-likeness (QED) is 0.387. The lowest BCUT2D eigenvalue weighted by Gasteiger charge is -2.20. The van der Waals surface area contributed by atoms with Crippen molar-refractivity contribution < 1.29 is 9.18 Å². The number of hydrogen-bond donors (Lipinski definition) is 4. The average Bonchev–Trinajstić information content (AvgIpc) is 2.99. The normalized spacial score (nSPS) is 10.9. The highest BCUT2D eigenvalue weighted by Crippen LogP contribution is 2.27. The minimum atomic E-state index is -0.823. The van der Waals surface area contributed by atoms with Crippen LogP contribution in [0.5, 0.6) is 0 Å². The molecule has 2 rings (SSSR count). The molecule has 2 aromatic rings. The topological polar surface area (TPSA) is 113 Å². The Morgan fingerprint density at radius 2 is 2.19 bits per heavy atom. The van der Waals surface area contributed by atoms with Gasteiger partial charge in [0.25, 0.3) is 0 Å². The van der Waals surface area contributed by atoms with E-state index < -0.39 is 11.8 Å². The van der Waals surface area contributed by atoms with E-state index in [0.29, 0.717) is 10.6 Å². The van der Waals surface area contributed by atoms with Crippen LogP contribution in [0.25, 0.3) is 12.2 Å². The Kier molecular flexibility index (Phi) is 4.31. The molecule has 8 heteroatoms. The molecule has 2 amide bonds. The lowest BCUT2D eigenvalue weighted by atomic mass is 10.0. The van der Waals surface area contributed by atoms with E-state index in [1.807, 2.05) is 5.43 Å². The zero-order chi connectivity index (χ0) is 15.4. The van der Waals surface area contributed by atoms with Gasteiger partial charge < -0.3 is 0 Å². The number of urea groups is 1. The van der Waals surface area contributed by atoms with Gasteiger partial charge in [0.1, 0.15) is 11.5 Å². The first-order valence-corrected chi connectivity index (χ1v) is 6.06. The van der Waals surface area contributed by atoms with Crippen LogP contribution in [0.15, 0.2) is 24.4 Å². The van der Waals surface area contributed by atoms with Gasteiger partial charge in [-0.1, -0.05) is 12.1 Å². The largest absolute Gasteiger partial charge is 0.350 e. The number of aryl methyl sites for hydroxylation is 1. The maximum absolute atomic E-state index is 14.0. The van der Waals surface area contributed by atoms with Crippen molar-refractivity contribution in [1.29, 1.82) is 0 Å². The zero-order valence-corrected chi connectivity index (χ0v) is 11.3. The van der Waals surface area contributed by atoms with Crippen molar-refractivity contribution in [2.45, 2.75) is 6.92 Å². The third kappa shape index (κ3) is 3.07. The molecular weight excluding hydrogens is 275 g/mol. The number of nitrogens with two attached hydrogens (primary N) is 2. The predicted molar refractivity (Wildman–Crippen MR) is 78.0 cm³/mol. The van der Waals surface area contributed by atoms with Crippen LogP contribution in [-0.2, 0) is 0 Å². The fraction of sp³-hybridized carbons (Fsp3) is 0.0769. The molecule has 1 heterocycles. The maximum atomic E-state index is 14.0. The van der Waals surface area contributed by atoms with Gasteiger partial charge in [0, 0.05) is 11.8 Å². The van der Waals surface area contributed by atoms with Crippen molar-refractivity contribution in [3.63, 3.8) is 0 Å². The minimum Gasteiger partial charge on any atom is -0.278 e. The summed E-state index contributed by atoms with van der Waals surface area (Å²) in [6.45, 7) is 1.78. The Morgan fingerprint density at radius 1 is 1.43 bits per heavy atom. The summed E-state index contributed by atoms with van der Waals surface area (Å²) in [7, 11) is 0. The number of nitrogens with one attached hydrogen (secondary N) is 2. The molecular formula is C13H15FN6O. The first kappa shape index (κ1) is 14.7. The van der Waals surface area contributed by atoms with Crippen molar-refractivity contribution in [2.24, 2.45) is 11.7 Å². The van der Waals surface area contributed by atoms with Gasteiger partial charge in [-0.05, 0) is 30.7 Å². The fourth-order valence-electron chi connectivity index (χ4n) is 1.84. The summed E-state index contributed by atoms with van der Waals surface area (Å²) in [5.41, 5.74) is 3.75. The minimum absolute atomic E-state index is 0.0614.